The summed E-state index contributed by atoms with van der Waals surface area (Å²) in [7, 11) is 0. The fraction of sp³-hybridized carbons (Fsp3) is 0.286. The molecule has 3 heteroatoms. The first-order chi connectivity index (χ1) is 8.09. The zero-order valence-electron chi connectivity index (χ0n) is 9.99. The Morgan fingerprint density at radius 3 is 2.53 bits per heavy atom. The lowest BCUT2D eigenvalue weighted by Gasteiger charge is -2.16. The molecule has 0 aromatic heterocycles. The maximum Gasteiger partial charge on any atom is 0.234 e. The highest BCUT2D eigenvalue weighted by molar-refractivity contribution is 6.20. The summed E-state index contributed by atoms with van der Waals surface area (Å²) >= 11 is 0. The van der Waals surface area contributed by atoms with Crippen LogP contribution >= 0.6 is 0 Å². The molecule has 0 bridgehead atoms. The number of amides is 2. The predicted molar refractivity (Wildman–Crippen MR) is 66.3 cm³/mol. The van der Waals surface area contributed by atoms with Gasteiger partial charge < -0.3 is 0 Å². The SMILES string of the molecule is CC(C)=Cc1ccc[c]c1N1C(=O)CCC1=O. The van der Waals surface area contributed by atoms with Gasteiger partial charge in [0.15, 0.2) is 0 Å². The van der Waals surface area contributed by atoms with Crippen LogP contribution in [0.5, 0.6) is 0 Å². The van der Waals surface area contributed by atoms with Crippen LogP contribution in [0.25, 0.3) is 6.08 Å². The van der Waals surface area contributed by atoms with E-state index in [9.17, 15) is 9.59 Å². The summed E-state index contributed by atoms with van der Waals surface area (Å²) < 4.78 is 0. The topological polar surface area (TPSA) is 37.4 Å². The van der Waals surface area contributed by atoms with Crippen LogP contribution in [0.15, 0.2) is 23.8 Å². The van der Waals surface area contributed by atoms with Crippen LogP contribution in [0.1, 0.15) is 32.3 Å². The molecule has 0 atom stereocenters. The van der Waals surface area contributed by atoms with Crippen molar-refractivity contribution in [3.05, 3.63) is 35.4 Å². The molecule has 0 aliphatic carbocycles. The molecule has 2 amide bonds. The summed E-state index contributed by atoms with van der Waals surface area (Å²) in [6.07, 6.45) is 2.55. The number of benzene rings is 1. The second-order valence-corrected chi connectivity index (χ2v) is 4.32. The van der Waals surface area contributed by atoms with E-state index < -0.39 is 0 Å². The van der Waals surface area contributed by atoms with Crippen molar-refractivity contribution >= 4 is 23.6 Å². The van der Waals surface area contributed by atoms with Crippen molar-refractivity contribution in [2.45, 2.75) is 26.7 Å². The first-order valence-corrected chi connectivity index (χ1v) is 5.61. The van der Waals surface area contributed by atoms with Gasteiger partial charge >= 0.3 is 0 Å². The first kappa shape index (κ1) is 11.6. The quantitative estimate of drug-likeness (QED) is 0.729. The fourth-order valence-corrected chi connectivity index (χ4v) is 1.89. The molecular weight excluding hydrogens is 214 g/mol. The van der Waals surface area contributed by atoms with Crippen LogP contribution in [0.2, 0.25) is 0 Å². The van der Waals surface area contributed by atoms with Crippen molar-refractivity contribution < 1.29 is 9.59 Å². The molecule has 1 heterocycles. The molecular formula is C14H14NO2. The van der Waals surface area contributed by atoms with E-state index in [2.05, 4.69) is 6.07 Å². The Morgan fingerprint density at radius 1 is 1.29 bits per heavy atom. The lowest BCUT2D eigenvalue weighted by atomic mass is 10.1. The van der Waals surface area contributed by atoms with Gasteiger partial charge in [0.1, 0.15) is 0 Å². The summed E-state index contributed by atoms with van der Waals surface area (Å²) in [4.78, 5) is 24.6. The molecule has 1 saturated heterocycles. The number of para-hydroxylation sites is 1. The van der Waals surface area contributed by atoms with Gasteiger partial charge in [-0.05, 0) is 19.4 Å². The van der Waals surface area contributed by atoms with Gasteiger partial charge in [0.05, 0.1) is 5.69 Å². The summed E-state index contributed by atoms with van der Waals surface area (Å²) in [5.74, 6) is -0.276. The van der Waals surface area contributed by atoms with Crippen LogP contribution in [-0.4, -0.2) is 11.8 Å². The molecule has 87 valence electrons. The molecule has 0 N–H and O–H groups in total. The summed E-state index contributed by atoms with van der Waals surface area (Å²) in [6, 6.07) is 8.44. The van der Waals surface area contributed by atoms with Gasteiger partial charge in [-0.15, -0.1) is 0 Å². The van der Waals surface area contributed by atoms with Gasteiger partial charge in [0.2, 0.25) is 11.8 Å². The highest BCUT2D eigenvalue weighted by Crippen LogP contribution is 2.27. The van der Waals surface area contributed by atoms with Gasteiger partial charge in [0, 0.05) is 18.9 Å². The molecule has 3 nitrogen and oxygen atoms in total. The van der Waals surface area contributed by atoms with Crippen LogP contribution in [0.3, 0.4) is 0 Å². The van der Waals surface area contributed by atoms with Crippen molar-refractivity contribution in [1.82, 2.24) is 0 Å². The van der Waals surface area contributed by atoms with Crippen LogP contribution < -0.4 is 4.90 Å². The Balaban J connectivity index is 2.48. The van der Waals surface area contributed by atoms with E-state index in [1.165, 1.54) is 4.90 Å². The van der Waals surface area contributed by atoms with Gasteiger partial charge in [-0.2, -0.15) is 0 Å². The van der Waals surface area contributed by atoms with Crippen molar-refractivity contribution in [2.75, 3.05) is 4.90 Å². The third-order valence-electron chi connectivity index (χ3n) is 2.58. The molecule has 0 saturated carbocycles. The van der Waals surface area contributed by atoms with Crippen molar-refractivity contribution in [1.29, 1.82) is 0 Å². The third kappa shape index (κ3) is 2.28. The largest absolute Gasteiger partial charge is 0.274 e. The van der Waals surface area contributed by atoms with E-state index in [1.54, 1.807) is 6.07 Å². The molecule has 17 heavy (non-hydrogen) atoms. The minimum atomic E-state index is -0.138. The van der Waals surface area contributed by atoms with E-state index in [-0.39, 0.29) is 11.8 Å². The molecule has 0 spiro atoms. The Labute approximate surface area is 101 Å². The lowest BCUT2D eigenvalue weighted by Crippen LogP contribution is -2.29. The van der Waals surface area contributed by atoms with E-state index in [4.69, 9.17) is 0 Å². The Morgan fingerprint density at radius 2 is 1.94 bits per heavy atom. The van der Waals surface area contributed by atoms with Gasteiger partial charge in [0.25, 0.3) is 0 Å². The Hall–Kier alpha value is -1.90. The average Bonchev–Trinajstić information content (AvgIpc) is 2.59. The number of hydrogen-bond donors (Lipinski definition) is 0. The summed E-state index contributed by atoms with van der Waals surface area (Å²) in [5.41, 5.74) is 2.54. The van der Waals surface area contributed by atoms with Crippen molar-refractivity contribution in [3.63, 3.8) is 0 Å². The van der Waals surface area contributed by atoms with E-state index >= 15 is 0 Å². The second kappa shape index (κ2) is 4.53. The normalized spacial score (nSPS) is 15.3. The van der Waals surface area contributed by atoms with Gasteiger partial charge in [-0.25, -0.2) is 4.90 Å². The van der Waals surface area contributed by atoms with E-state index in [1.807, 2.05) is 32.1 Å². The number of allylic oxidation sites excluding steroid dienone is 1. The number of rotatable bonds is 2. The predicted octanol–water partition coefficient (Wildman–Crippen LogP) is 2.56. The molecule has 1 aliphatic rings. The van der Waals surface area contributed by atoms with Crippen molar-refractivity contribution in [3.8, 4) is 0 Å². The number of carbonyl (C=O) groups excluding carboxylic acids is 2. The molecule has 1 aromatic carbocycles. The van der Waals surface area contributed by atoms with Crippen molar-refractivity contribution in [2.24, 2.45) is 0 Å². The molecule has 1 aliphatic heterocycles. The van der Waals surface area contributed by atoms with Crippen LogP contribution in [0, 0.1) is 6.07 Å². The monoisotopic (exact) mass is 228 g/mol. The highest BCUT2D eigenvalue weighted by atomic mass is 16.2. The molecule has 1 fully saturated rings. The Kier molecular flexibility index (Phi) is 3.09. The summed E-state index contributed by atoms with van der Waals surface area (Å²) in [6.45, 7) is 3.95. The minimum Gasteiger partial charge on any atom is -0.274 e. The smallest absolute Gasteiger partial charge is 0.234 e. The fourth-order valence-electron chi connectivity index (χ4n) is 1.89. The van der Waals surface area contributed by atoms with E-state index in [0.29, 0.717) is 18.5 Å². The Bertz CT molecular complexity index is 483. The number of nitrogens with zero attached hydrogens (tertiary/aromatic N) is 1. The molecule has 1 aromatic rings. The molecule has 2 rings (SSSR count). The molecule has 0 unspecified atom stereocenters. The van der Waals surface area contributed by atoms with Gasteiger partial charge in [-0.3, -0.25) is 9.59 Å². The van der Waals surface area contributed by atoms with E-state index in [0.717, 1.165) is 11.1 Å². The first-order valence-electron chi connectivity index (χ1n) is 5.61. The number of hydrogen-bond acceptors (Lipinski definition) is 2. The van der Waals surface area contributed by atoms with Gasteiger partial charge in [-0.1, -0.05) is 29.8 Å². The highest BCUT2D eigenvalue weighted by Gasteiger charge is 2.31. The zero-order chi connectivity index (χ0) is 12.4. The van der Waals surface area contributed by atoms with Crippen LogP contribution in [0.4, 0.5) is 5.69 Å². The number of imide groups is 1. The second-order valence-electron chi connectivity index (χ2n) is 4.32. The summed E-state index contributed by atoms with van der Waals surface area (Å²) in [5, 5.41) is 0. The lowest BCUT2D eigenvalue weighted by molar-refractivity contribution is -0.121. The maximum absolute atomic E-state index is 11.7. The average molecular weight is 228 g/mol. The zero-order valence-corrected chi connectivity index (χ0v) is 9.99. The minimum absolute atomic E-state index is 0.138. The number of carbonyl (C=O) groups is 2. The maximum atomic E-state index is 11.7. The van der Waals surface area contributed by atoms with Crippen LogP contribution in [-0.2, 0) is 9.59 Å². The number of anilines is 1. The standard InChI is InChI=1S/C14H14NO2/c1-10(2)9-11-5-3-4-6-12(11)15-13(16)7-8-14(15)17/h3-5,9H,7-8H2,1-2H3. The molecule has 1 radical (unpaired) electrons. The third-order valence-corrected chi connectivity index (χ3v) is 2.58.